The van der Waals surface area contributed by atoms with Gasteiger partial charge in [-0.3, -0.25) is 0 Å². The second kappa shape index (κ2) is 2.01. The molecule has 0 radical (unpaired) electrons. The Hall–Kier alpha value is -0.990. The van der Waals surface area contributed by atoms with Gasteiger partial charge in [-0.05, 0) is 12.3 Å². The van der Waals surface area contributed by atoms with Crippen LogP contribution in [0.15, 0.2) is 12.3 Å². The Balaban J connectivity index is 1.93. The molecule has 0 saturated heterocycles. The summed E-state index contributed by atoms with van der Waals surface area (Å²) < 4.78 is 5.46. The van der Waals surface area contributed by atoms with Gasteiger partial charge in [0.1, 0.15) is 6.10 Å². The van der Waals surface area contributed by atoms with Gasteiger partial charge in [0.05, 0.1) is 6.20 Å². The van der Waals surface area contributed by atoms with Crippen LogP contribution in [-0.4, -0.2) is 16.3 Å². The van der Waals surface area contributed by atoms with E-state index in [2.05, 4.69) is 17.1 Å². The zero-order valence-electron chi connectivity index (χ0n) is 5.87. The molecule has 3 heteroatoms. The fourth-order valence-electron chi connectivity index (χ4n) is 0.924. The van der Waals surface area contributed by atoms with Crippen molar-refractivity contribution in [3.63, 3.8) is 0 Å². The summed E-state index contributed by atoms with van der Waals surface area (Å²) in [7, 11) is 0. The molecule has 0 bridgehead atoms. The molecule has 2 rings (SSSR count). The number of hydrogen-bond acceptors (Lipinski definition) is 2. The van der Waals surface area contributed by atoms with Crippen molar-refractivity contribution in [1.82, 2.24) is 10.2 Å². The highest BCUT2D eigenvalue weighted by Gasteiger charge is 2.35. The summed E-state index contributed by atoms with van der Waals surface area (Å²) in [5.41, 5.74) is 0. The average Bonchev–Trinajstić information content (AvgIpc) is 2.48. The zero-order valence-corrected chi connectivity index (χ0v) is 5.87. The number of nitrogens with zero attached hydrogens (tertiary/aromatic N) is 1. The molecule has 54 valence electrons. The lowest BCUT2D eigenvalue weighted by Gasteiger charge is -1.98. The van der Waals surface area contributed by atoms with Crippen LogP contribution in [0.2, 0.25) is 0 Å². The molecule has 10 heavy (non-hydrogen) atoms. The number of H-pyrrole nitrogens is 1. The van der Waals surface area contributed by atoms with E-state index >= 15 is 0 Å². The third kappa shape index (κ3) is 0.988. The first-order valence-corrected chi connectivity index (χ1v) is 3.52. The Morgan fingerprint density at radius 2 is 2.60 bits per heavy atom. The SMILES string of the molecule is C[C@@H]1C[C@@H]1Oc1ccn[nH]1. The van der Waals surface area contributed by atoms with Crippen LogP contribution in [0.3, 0.4) is 0 Å². The Kier molecular flexibility index (Phi) is 1.16. The van der Waals surface area contributed by atoms with Crippen LogP contribution in [-0.2, 0) is 0 Å². The maximum absolute atomic E-state index is 5.46. The molecule has 1 aromatic heterocycles. The molecule has 0 amide bonds. The lowest BCUT2D eigenvalue weighted by atomic mass is 10.5. The summed E-state index contributed by atoms with van der Waals surface area (Å²) in [6.45, 7) is 2.18. The number of rotatable bonds is 2. The van der Waals surface area contributed by atoms with E-state index in [0.29, 0.717) is 6.10 Å². The van der Waals surface area contributed by atoms with Gasteiger partial charge in [0.15, 0.2) is 0 Å². The highest BCUT2D eigenvalue weighted by atomic mass is 16.5. The van der Waals surface area contributed by atoms with Gasteiger partial charge in [-0.2, -0.15) is 5.10 Å². The van der Waals surface area contributed by atoms with E-state index in [0.717, 1.165) is 11.8 Å². The number of aromatic nitrogens is 2. The van der Waals surface area contributed by atoms with E-state index in [1.807, 2.05) is 6.07 Å². The van der Waals surface area contributed by atoms with Crippen LogP contribution in [0.25, 0.3) is 0 Å². The minimum absolute atomic E-state index is 0.431. The molecule has 1 aromatic rings. The van der Waals surface area contributed by atoms with Gasteiger partial charge in [0.2, 0.25) is 5.88 Å². The molecular weight excluding hydrogens is 128 g/mol. The highest BCUT2D eigenvalue weighted by molar-refractivity contribution is 5.06. The number of aromatic amines is 1. The summed E-state index contributed by atoms with van der Waals surface area (Å²) in [4.78, 5) is 0. The fraction of sp³-hybridized carbons (Fsp3) is 0.571. The number of hydrogen-bond donors (Lipinski definition) is 1. The van der Waals surface area contributed by atoms with E-state index in [1.54, 1.807) is 6.20 Å². The Labute approximate surface area is 59.4 Å². The minimum Gasteiger partial charge on any atom is -0.474 e. The zero-order chi connectivity index (χ0) is 6.97. The number of nitrogens with one attached hydrogen (secondary N) is 1. The maximum Gasteiger partial charge on any atom is 0.209 e. The average molecular weight is 138 g/mol. The molecule has 1 heterocycles. The van der Waals surface area contributed by atoms with E-state index in [4.69, 9.17) is 4.74 Å². The van der Waals surface area contributed by atoms with Crippen molar-refractivity contribution in [3.05, 3.63) is 12.3 Å². The third-order valence-electron chi connectivity index (χ3n) is 1.79. The normalized spacial score (nSPS) is 30.1. The Bertz CT molecular complexity index is 207. The van der Waals surface area contributed by atoms with Crippen LogP contribution in [0.1, 0.15) is 13.3 Å². The summed E-state index contributed by atoms with van der Waals surface area (Å²) in [6, 6.07) is 1.84. The monoisotopic (exact) mass is 138 g/mol. The summed E-state index contributed by atoms with van der Waals surface area (Å²) in [6.07, 6.45) is 3.31. The summed E-state index contributed by atoms with van der Waals surface area (Å²) in [5.74, 6) is 1.51. The smallest absolute Gasteiger partial charge is 0.209 e. The molecule has 0 spiro atoms. The standard InChI is InChI=1S/C7H10N2O/c1-5-4-6(5)10-7-2-3-8-9-7/h2-3,5-6H,4H2,1H3,(H,8,9)/t5-,6+/m1/s1. The molecule has 1 N–H and O–H groups in total. The molecule has 1 aliphatic carbocycles. The minimum atomic E-state index is 0.431. The van der Waals surface area contributed by atoms with Crippen molar-refractivity contribution in [3.8, 4) is 5.88 Å². The van der Waals surface area contributed by atoms with Crippen molar-refractivity contribution >= 4 is 0 Å². The van der Waals surface area contributed by atoms with Crippen molar-refractivity contribution in [2.45, 2.75) is 19.4 Å². The second-order valence-electron chi connectivity index (χ2n) is 2.79. The van der Waals surface area contributed by atoms with Crippen molar-refractivity contribution in [2.24, 2.45) is 5.92 Å². The number of ether oxygens (including phenoxy) is 1. The van der Waals surface area contributed by atoms with Crippen molar-refractivity contribution in [2.75, 3.05) is 0 Å². The van der Waals surface area contributed by atoms with Gasteiger partial charge in [0, 0.05) is 6.07 Å². The molecule has 1 aliphatic rings. The first-order valence-electron chi connectivity index (χ1n) is 3.52. The Morgan fingerprint density at radius 1 is 1.80 bits per heavy atom. The summed E-state index contributed by atoms with van der Waals surface area (Å²) in [5, 5.41) is 6.53. The van der Waals surface area contributed by atoms with E-state index in [-0.39, 0.29) is 0 Å². The molecule has 1 fully saturated rings. The van der Waals surface area contributed by atoms with E-state index < -0.39 is 0 Å². The van der Waals surface area contributed by atoms with Crippen LogP contribution in [0.4, 0.5) is 0 Å². The van der Waals surface area contributed by atoms with Crippen LogP contribution in [0, 0.1) is 5.92 Å². The largest absolute Gasteiger partial charge is 0.474 e. The predicted octanol–water partition coefficient (Wildman–Crippen LogP) is 1.20. The second-order valence-corrected chi connectivity index (χ2v) is 2.79. The van der Waals surface area contributed by atoms with Gasteiger partial charge in [-0.25, -0.2) is 5.10 Å². The first kappa shape index (κ1) is 5.77. The molecular formula is C7H10N2O. The van der Waals surface area contributed by atoms with Gasteiger partial charge in [-0.1, -0.05) is 6.92 Å². The lowest BCUT2D eigenvalue weighted by Crippen LogP contribution is -1.98. The Morgan fingerprint density at radius 3 is 3.10 bits per heavy atom. The topological polar surface area (TPSA) is 37.9 Å². The van der Waals surface area contributed by atoms with Crippen LogP contribution in [0.5, 0.6) is 5.88 Å². The van der Waals surface area contributed by atoms with Crippen LogP contribution >= 0.6 is 0 Å². The fourth-order valence-corrected chi connectivity index (χ4v) is 0.924. The van der Waals surface area contributed by atoms with E-state index in [9.17, 15) is 0 Å². The van der Waals surface area contributed by atoms with Gasteiger partial charge in [-0.15, -0.1) is 0 Å². The first-order chi connectivity index (χ1) is 4.86. The van der Waals surface area contributed by atoms with Crippen molar-refractivity contribution < 1.29 is 4.74 Å². The molecule has 0 aromatic carbocycles. The summed E-state index contributed by atoms with van der Waals surface area (Å²) >= 11 is 0. The molecule has 0 aliphatic heterocycles. The molecule has 0 unspecified atom stereocenters. The third-order valence-corrected chi connectivity index (χ3v) is 1.79. The quantitative estimate of drug-likeness (QED) is 0.666. The molecule has 1 saturated carbocycles. The highest BCUT2D eigenvalue weighted by Crippen LogP contribution is 2.32. The predicted molar refractivity (Wildman–Crippen MR) is 36.8 cm³/mol. The lowest BCUT2D eigenvalue weighted by molar-refractivity contribution is 0.276. The van der Waals surface area contributed by atoms with E-state index in [1.165, 1.54) is 6.42 Å². The molecule has 3 nitrogen and oxygen atoms in total. The van der Waals surface area contributed by atoms with Gasteiger partial charge < -0.3 is 4.74 Å². The van der Waals surface area contributed by atoms with Crippen molar-refractivity contribution in [1.29, 1.82) is 0 Å². The van der Waals surface area contributed by atoms with Gasteiger partial charge in [0.25, 0.3) is 0 Å². The maximum atomic E-state index is 5.46. The van der Waals surface area contributed by atoms with Crippen LogP contribution < -0.4 is 4.74 Å². The van der Waals surface area contributed by atoms with Gasteiger partial charge >= 0.3 is 0 Å². The molecule has 2 atom stereocenters.